The molecule has 0 fully saturated rings. The van der Waals surface area contributed by atoms with Crippen molar-refractivity contribution in [2.75, 3.05) is 0 Å². The molecule has 5 heteroatoms. The second-order valence-corrected chi connectivity index (χ2v) is 17.6. The van der Waals surface area contributed by atoms with E-state index in [0.29, 0.717) is 18.1 Å². The van der Waals surface area contributed by atoms with Crippen molar-refractivity contribution in [2.45, 2.75) is 6.42 Å². The maximum atomic E-state index is 7.71. The topological polar surface area (TPSA) is 63.6 Å². The average molecular weight is 895 g/mol. The number of nitrogens with zero attached hydrogens (tertiary/aromatic N) is 4. The number of rotatable bonds is 8. The first kappa shape index (κ1) is 40.9. The SMILES string of the molecule is C1=C(c2ccccc2)N=C(c2ccccc2)N=C(c2cc(-c3ccccc3)c3oc4c(-c5ccccc5)cc(-c5nc(-c6ccccc6)cc(-c6ccccc6)n5)c5cccc(c6cccc2c36)c54)C1. The number of allylic oxidation sites excluding steroid dienone is 1. The van der Waals surface area contributed by atoms with E-state index in [1.807, 2.05) is 36.4 Å². The van der Waals surface area contributed by atoms with Crippen molar-refractivity contribution in [2.24, 2.45) is 9.98 Å². The Bertz CT molecular complexity index is 3980. The first-order valence-electron chi connectivity index (χ1n) is 23.7. The summed E-state index contributed by atoms with van der Waals surface area (Å²) < 4.78 is 7.71. The second-order valence-electron chi connectivity index (χ2n) is 17.6. The molecule has 2 aromatic heterocycles. The van der Waals surface area contributed by atoms with Crippen LogP contribution in [-0.4, -0.2) is 21.5 Å². The van der Waals surface area contributed by atoms with Crippen LogP contribution >= 0.6 is 0 Å². The molecule has 12 aromatic rings. The summed E-state index contributed by atoms with van der Waals surface area (Å²) >= 11 is 0. The first-order valence-corrected chi connectivity index (χ1v) is 23.7. The largest absolute Gasteiger partial charge is 0.455 e. The summed E-state index contributed by atoms with van der Waals surface area (Å²) in [5.41, 5.74) is 15.1. The molecule has 1 aliphatic heterocycles. The third kappa shape index (κ3) is 7.29. The molecule has 0 aliphatic carbocycles. The second kappa shape index (κ2) is 17.4. The molecular weight excluding hydrogens is 853 g/mol. The van der Waals surface area contributed by atoms with E-state index in [2.05, 4.69) is 206 Å². The van der Waals surface area contributed by atoms with Crippen molar-refractivity contribution < 1.29 is 4.42 Å². The van der Waals surface area contributed by atoms with Gasteiger partial charge in [-0.25, -0.2) is 20.0 Å². The minimum Gasteiger partial charge on any atom is -0.455 e. The highest BCUT2D eigenvalue weighted by molar-refractivity contribution is 6.31. The number of benzene rings is 10. The van der Waals surface area contributed by atoms with Gasteiger partial charge in [0.05, 0.1) is 22.8 Å². The lowest BCUT2D eigenvalue weighted by Gasteiger charge is -2.15. The highest BCUT2D eigenvalue weighted by Crippen LogP contribution is 2.47. The predicted octanol–water partition coefficient (Wildman–Crippen LogP) is 16.7. The monoisotopic (exact) mass is 894 g/mol. The van der Waals surface area contributed by atoms with Crippen LogP contribution < -0.4 is 0 Å². The summed E-state index contributed by atoms with van der Waals surface area (Å²) in [5.74, 6) is 1.31. The van der Waals surface area contributed by atoms with E-state index < -0.39 is 0 Å². The van der Waals surface area contributed by atoms with Crippen molar-refractivity contribution in [3.8, 4) is 56.2 Å². The zero-order chi connectivity index (χ0) is 46.4. The number of aliphatic imine (C=N–C) groups is 2. The average Bonchev–Trinajstić information content (AvgIpc) is 3.76. The lowest BCUT2D eigenvalue weighted by atomic mass is 9.89. The highest BCUT2D eigenvalue weighted by Gasteiger charge is 2.25. The Hall–Kier alpha value is -9.32. The number of hydrogen-bond acceptors (Lipinski definition) is 5. The van der Waals surface area contributed by atoms with Gasteiger partial charge in [0.1, 0.15) is 11.2 Å². The lowest BCUT2D eigenvalue weighted by Crippen LogP contribution is -2.06. The molecule has 70 heavy (non-hydrogen) atoms. The molecule has 1 aliphatic rings. The normalized spacial score (nSPS) is 12.8. The van der Waals surface area contributed by atoms with Crippen LogP contribution in [0.2, 0.25) is 0 Å². The van der Waals surface area contributed by atoms with E-state index in [0.717, 1.165) is 122 Å². The lowest BCUT2D eigenvalue weighted by molar-refractivity contribution is 0.666. The molecule has 0 unspecified atom stereocenters. The van der Waals surface area contributed by atoms with Crippen molar-refractivity contribution >= 4 is 60.7 Å². The summed E-state index contributed by atoms with van der Waals surface area (Å²) in [5, 5.41) is 6.21. The smallest absolute Gasteiger partial charge is 0.161 e. The van der Waals surface area contributed by atoms with Gasteiger partial charge in [0.25, 0.3) is 0 Å². The van der Waals surface area contributed by atoms with Gasteiger partial charge in [-0.3, -0.25) is 0 Å². The molecule has 3 heterocycles. The predicted molar refractivity (Wildman–Crippen MR) is 290 cm³/mol. The maximum absolute atomic E-state index is 7.71. The van der Waals surface area contributed by atoms with Gasteiger partial charge in [-0.2, -0.15) is 0 Å². The zero-order valence-electron chi connectivity index (χ0n) is 38.0. The van der Waals surface area contributed by atoms with Crippen LogP contribution in [0, 0.1) is 0 Å². The molecule has 10 aromatic carbocycles. The summed E-state index contributed by atoms with van der Waals surface area (Å²) in [6, 6.07) is 82.4. The maximum Gasteiger partial charge on any atom is 0.161 e. The van der Waals surface area contributed by atoms with Crippen LogP contribution in [0.4, 0.5) is 0 Å². The van der Waals surface area contributed by atoms with Gasteiger partial charge in [-0.05, 0) is 56.4 Å². The Morgan fingerprint density at radius 3 is 1.24 bits per heavy atom. The summed E-state index contributed by atoms with van der Waals surface area (Å²) in [6.45, 7) is 0. The van der Waals surface area contributed by atoms with Crippen LogP contribution in [0.5, 0.6) is 0 Å². The van der Waals surface area contributed by atoms with Crippen molar-refractivity contribution in [3.63, 3.8) is 0 Å². The number of fused-ring (bicyclic) bond motifs is 1. The minimum atomic E-state index is 0.572. The van der Waals surface area contributed by atoms with Gasteiger partial charge in [0, 0.05) is 56.1 Å². The van der Waals surface area contributed by atoms with E-state index >= 15 is 0 Å². The fourth-order valence-corrected chi connectivity index (χ4v) is 10.0. The van der Waals surface area contributed by atoms with Gasteiger partial charge in [-0.15, -0.1) is 0 Å². The fourth-order valence-electron chi connectivity index (χ4n) is 10.0. The Labute approximate surface area is 405 Å². The fraction of sp³-hybridized carbons (Fsp3) is 0.0154. The highest BCUT2D eigenvalue weighted by atomic mass is 16.3. The van der Waals surface area contributed by atoms with Gasteiger partial charge >= 0.3 is 0 Å². The molecule has 0 amide bonds. The van der Waals surface area contributed by atoms with E-state index in [-0.39, 0.29) is 0 Å². The molecule has 0 N–H and O–H groups in total. The van der Waals surface area contributed by atoms with E-state index in [1.54, 1.807) is 0 Å². The number of amidine groups is 1. The Balaban J connectivity index is 1.14. The molecule has 0 radical (unpaired) electrons. The van der Waals surface area contributed by atoms with E-state index in [4.69, 9.17) is 24.4 Å². The molecule has 328 valence electrons. The first-order chi connectivity index (χ1) is 34.7. The van der Waals surface area contributed by atoms with E-state index in [9.17, 15) is 0 Å². The van der Waals surface area contributed by atoms with Crippen LogP contribution in [0.1, 0.15) is 23.1 Å². The molecule has 5 nitrogen and oxygen atoms in total. The molecule has 0 bridgehead atoms. The van der Waals surface area contributed by atoms with Crippen LogP contribution in [-0.2, 0) is 0 Å². The van der Waals surface area contributed by atoms with Gasteiger partial charge < -0.3 is 4.42 Å². The van der Waals surface area contributed by atoms with Gasteiger partial charge in [-0.1, -0.05) is 224 Å². The Morgan fingerprint density at radius 2 is 0.743 bits per heavy atom. The van der Waals surface area contributed by atoms with Crippen molar-refractivity contribution in [1.29, 1.82) is 0 Å². The zero-order valence-corrected chi connectivity index (χ0v) is 38.0. The molecule has 0 saturated carbocycles. The van der Waals surface area contributed by atoms with Crippen molar-refractivity contribution in [1.82, 2.24) is 9.97 Å². The number of aromatic nitrogens is 2. The van der Waals surface area contributed by atoms with Crippen molar-refractivity contribution in [3.05, 3.63) is 259 Å². The summed E-state index contributed by atoms with van der Waals surface area (Å²) in [7, 11) is 0. The van der Waals surface area contributed by atoms with Crippen LogP contribution in [0.3, 0.4) is 0 Å². The minimum absolute atomic E-state index is 0.572. The molecule has 0 saturated heterocycles. The quantitative estimate of drug-likeness (QED) is 0.153. The van der Waals surface area contributed by atoms with Crippen LogP contribution in [0.25, 0.3) is 105 Å². The molecule has 0 atom stereocenters. The Kier molecular flexibility index (Phi) is 10.2. The Morgan fingerprint density at radius 1 is 0.329 bits per heavy atom. The van der Waals surface area contributed by atoms with Gasteiger partial charge in [0.2, 0.25) is 0 Å². The third-order valence-corrected chi connectivity index (χ3v) is 13.4. The van der Waals surface area contributed by atoms with E-state index in [1.165, 1.54) is 0 Å². The molecule has 13 rings (SSSR count). The summed E-state index contributed by atoms with van der Waals surface area (Å²) in [4.78, 5) is 21.5. The van der Waals surface area contributed by atoms with Gasteiger partial charge in [0.15, 0.2) is 11.7 Å². The van der Waals surface area contributed by atoms with Crippen LogP contribution in [0.15, 0.2) is 257 Å². The molecular formula is C65H42N4O. The standard InChI is InChI=1S/C65H42N4O/c1-7-21-42(22-8-1)52-39-54(57-38-37-56(44-25-11-3-12-26-44)66-64(67-57)47-31-17-6-18-32-47)50-35-19-33-48-49-34-20-36-51-55(40-53(43-23-9-2-10-24-43)63(61(49)51)70-62(52)60(48)50)65-68-58(45-27-13-4-14-28-45)41-59(69-65)46-29-15-5-16-30-46/h1-37,39-41H,38H2. The number of hydrogen-bond donors (Lipinski definition) is 0. The molecule has 0 spiro atoms. The third-order valence-electron chi connectivity index (χ3n) is 13.4. The summed E-state index contributed by atoms with van der Waals surface area (Å²) in [6.07, 6.45) is 2.79.